The van der Waals surface area contributed by atoms with Crippen LogP contribution in [0.15, 0.2) is 34.8 Å². The van der Waals surface area contributed by atoms with Gasteiger partial charge in [0.15, 0.2) is 0 Å². The number of hydrogen-bond acceptors (Lipinski definition) is 13. The van der Waals surface area contributed by atoms with E-state index >= 15 is 0 Å². The number of amides is 11. The molecule has 12 N–H and O–H groups in total. The van der Waals surface area contributed by atoms with E-state index in [-0.39, 0.29) is 70.2 Å². The van der Waals surface area contributed by atoms with Crippen molar-refractivity contribution in [2.75, 3.05) is 27.7 Å². The van der Waals surface area contributed by atoms with E-state index < -0.39 is 119 Å². The predicted octanol–water partition coefficient (Wildman–Crippen LogP) is 0.760. The Kier molecular flexibility index (Phi) is 28.6. The molecule has 1 aromatic carbocycles. The van der Waals surface area contributed by atoms with Crippen molar-refractivity contribution in [1.29, 1.82) is 0 Å². The fourth-order valence-corrected chi connectivity index (χ4v) is 8.56. The summed E-state index contributed by atoms with van der Waals surface area (Å²) in [6.45, 7) is 9.73. The van der Waals surface area contributed by atoms with Gasteiger partial charge >= 0.3 is 12.0 Å². The van der Waals surface area contributed by atoms with Gasteiger partial charge in [-0.25, -0.2) is 9.59 Å². The molecule has 0 aromatic heterocycles. The number of nitrogens with two attached hydrogens (primary N) is 2. The fraction of sp³-hybridized carbons (Fsp3) is 0.627. The van der Waals surface area contributed by atoms with Crippen LogP contribution in [0.3, 0.4) is 0 Å². The molecule has 0 radical (unpaired) electrons. The van der Waals surface area contributed by atoms with Crippen molar-refractivity contribution in [3.63, 3.8) is 0 Å². The Labute approximate surface area is 453 Å². The highest BCUT2D eigenvalue weighted by Gasteiger charge is 2.41. The Morgan fingerprint density at radius 3 is 2.07 bits per heavy atom. The third-order valence-corrected chi connectivity index (χ3v) is 13.4. The average Bonchev–Trinajstić information content (AvgIpc) is 3.36. The largest absolute Gasteiger partial charge is 0.496 e. The van der Waals surface area contributed by atoms with Gasteiger partial charge in [0, 0.05) is 46.3 Å². The molecule has 1 aliphatic heterocycles. The maximum atomic E-state index is 14.9. The van der Waals surface area contributed by atoms with Crippen molar-refractivity contribution >= 4 is 81.1 Å². The van der Waals surface area contributed by atoms with E-state index in [1.54, 1.807) is 65.0 Å². The van der Waals surface area contributed by atoms with Gasteiger partial charge < -0.3 is 68.4 Å². The van der Waals surface area contributed by atoms with Gasteiger partial charge in [0.05, 0.1) is 11.6 Å². The van der Waals surface area contributed by atoms with Crippen molar-refractivity contribution in [2.24, 2.45) is 23.3 Å². The third-order valence-electron chi connectivity index (χ3n) is 12.8. The number of benzene rings is 1. The molecule has 1 fully saturated rings. The second kappa shape index (κ2) is 33.3. The molecule has 2 rings (SSSR count). The highest BCUT2D eigenvalue weighted by molar-refractivity contribution is 9.10. The van der Waals surface area contributed by atoms with E-state index in [2.05, 4.69) is 58.5 Å². The highest BCUT2D eigenvalue weighted by Crippen LogP contribution is 2.27. The first-order valence-electron chi connectivity index (χ1n) is 25.7. The number of halogens is 1. The fourth-order valence-electron chi connectivity index (χ4n) is 7.97. The number of carbonyl (C=O) groups excluding carboxylic acids is 11. The summed E-state index contributed by atoms with van der Waals surface area (Å²) in [5.41, 5.74) is 11.3. The maximum absolute atomic E-state index is 14.9. The Morgan fingerprint density at radius 1 is 0.842 bits per heavy atom. The summed E-state index contributed by atoms with van der Waals surface area (Å²) in [5.74, 6) is -8.52. The quantitative estimate of drug-likeness (QED) is 0.0389. The summed E-state index contributed by atoms with van der Waals surface area (Å²) in [6, 6.07) is -5.96. The molecule has 424 valence electrons. The normalized spacial score (nSPS) is 22.0. The molecule has 1 aromatic rings. The van der Waals surface area contributed by atoms with Crippen LogP contribution in [0.4, 0.5) is 4.79 Å². The molecule has 25 heteroatoms. The first kappa shape index (κ1) is 65.3. The number of urea groups is 1. The van der Waals surface area contributed by atoms with Crippen molar-refractivity contribution in [2.45, 2.75) is 167 Å². The van der Waals surface area contributed by atoms with Gasteiger partial charge in [0.1, 0.15) is 54.1 Å². The summed E-state index contributed by atoms with van der Waals surface area (Å²) >= 11 is 3.48. The number of carbonyl (C=O) groups is 11. The summed E-state index contributed by atoms with van der Waals surface area (Å²) in [6.07, 6.45) is 2.48. The Hall–Kier alpha value is -6.79. The number of hydrogen-bond donors (Lipinski definition) is 10. The first-order valence-corrected chi connectivity index (χ1v) is 26.5. The lowest BCUT2D eigenvalue weighted by molar-refractivity contribution is -0.157. The molecular weight excluding hydrogens is 1050 g/mol. The predicted molar refractivity (Wildman–Crippen MR) is 284 cm³/mol. The first-order chi connectivity index (χ1) is 35.9. The Balaban J connectivity index is 2.95. The molecule has 0 spiro atoms. The Bertz CT molecular complexity index is 2230. The molecule has 1 heterocycles. The molecule has 76 heavy (non-hydrogen) atoms. The number of ether oxygens (including phenoxy) is 2. The van der Waals surface area contributed by atoms with Crippen LogP contribution in [-0.4, -0.2) is 146 Å². The SMILES string of the molecule is CCCC(=O)N[C@@H](CCC(N)=O)C(=O)N[C@@H]1C(=O)N[C@@H](CCCNC(N)=O)C(=O)N[C@@H](CCC=CCCC(=O)NC)C(=O)N[C@@H]([C@@H](C)CC)C(=O)N(C)[C@@H](Cc2ccc(OC)c(Br)c2)C(=O)N[C@@H](C(C)C)C(=O)O[C@@H]1C. The minimum absolute atomic E-state index is 0.00964. The minimum Gasteiger partial charge on any atom is -0.496 e. The Morgan fingerprint density at radius 2 is 1.47 bits per heavy atom. The summed E-state index contributed by atoms with van der Waals surface area (Å²) in [5, 5.41) is 20.9. The molecule has 0 saturated carbocycles. The molecule has 9 atom stereocenters. The van der Waals surface area contributed by atoms with Crippen LogP contribution in [0.25, 0.3) is 0 Å². The van der Waals surface area contributed by atoms with Crippen LogP contribution >= 0.6 is 15.9 Å². The van der Waals surface area contributed by atoms with Gasteiger partial charge in [-0.2, -0.15) is 0 Å². The van der Waals surface area contributed by atoms with Gasteiger partial charge in [-0.3, -0.25) is 43.2 Å². The molecule has 0 bridgehead atoms. The molecule has 11 amide bonds. The zero-order chi connectivity index (χ0) is 57.2. The lowest BCUT2D eigenvalue weighted by Crippen LogP contribution is -2.62. The molecule has 24 nitrogen and oxygen atoms in total. The standard InChI is InChI=1S/C51H80BrN11O13/c1-10-17-40(66)57-35(22-24-38(53)64)46(69)62-43-30(6)76-50(73)41(28(3)4)60-47(70)36(27-31-21-23-37(75-9)32(52)26-31)63(8)49(72)42(29(5)11-2)61-45(68)33(18-14-12-13-15-20-39(65)55-7)58-44(67)34(59-48(43)71)19-16-25-56-51(54)74/h12-13,21,23,26,28-30,33-36,41-43H,10-11,14-20,22,24-25,27H2,1-9H3,(H2,53,64)(H,55,65)(H,57,66)(H,58,67)(H,59,71)(H,60,70)(H,61,68)(H,62,69)(H3,54,56,74)/t29-,30+,33-,34-,35-,36-,41-,42-,43-/m0/s1. The highest BCUT2D eigenvalue weighted by atomic mass is 79.9. The van der Waals surface area contributed by atoms with E-state index in [4.69, 9.17) is 20.9 Å². The van der Waals surface area contributed by atoms with Gasteiger partial charge in [-0.15, -0.1) is 0 Å². The average molecular weight is 1140 g/mol. The van der Waals surface area contributed by atoms with E-state index in [9.17, 15) is 52.7 Å². The molecule has 0 unspecified atom stereocenters. The second-order valence-electron chi connectivity index (χ2n) is 19.1. The number of cyclic esters (lactones) is 1. The summed E-state index contributed by atoms with van der Waals surface area (Å²) < 4.78 is 11.8. The lowest BCUT2D eigenvalue weighted by atomic mass is 9.95. The van der Waals surface area contributed by atoms with E-state index in [0.717, 1.165) is 0 Å². The van der Waals surface area contributed by atoms with Crippen molar-refractivity contribution in [1.82, 2.24) is 47.4 Å². The van der Waals surface area contributed by atoms with E-state index in [1.165, 1.54) is 33.0 Å². The zero-order valence-corrected chi connectivity index (χ0v) is 46.7. The van der Waals surface area contributed by atoms with E-state index in [0.29, 0.717) is 35.0 Å². The molecular formula is C51H80BrN11O13. The molecule has 1 aliphatic rings. The lowest BCUT2D eigenvalue weighted by Gasteiger charge is -2.35. The van der Waals surface area contributed by atoms with Gasteiger partial charge in [0.25, 0.3) is 0 Å². The number of likely N-dealkylation sites (N-methyl/N-ethyl adjacent to an activating group) is 1. The van der Waals surface area contributed by atoms with Crippen LogP contribution in [-0.2, 0) is 59.1 Å². The number of primary amides is 2. The maximum Gasteiger partial charge on any atom is 0.329 e. The zero-order valence-electron chi connectivity index (χ0n) is 45.1. The van der Waals surface area contributed by atoms with Crippen molar-refractivity contribution < 1.29 is 62.2 Å². The second-order valence-corrected chi connectivity index (χ2v) is 19.9. The van der Waals surface area contributed by atoms with Crippen LogP contribution in [0.1, 0.15) is 118 Å². The van der Waals surface area contributed by atoms with Crippen LogP contribution in [0, 0.1) is 11.8 Å². The van der Waals surface area contributed by atoms with Gasteiger partial charge in [-0.1, -0.05) is 59.3 Å². The summed E-state index contributed by atoms with van der Waals surface area (Å²) in [7, 11) is 4.39. The number of nitrogens with one attached hydrogen (secondary N) is 8. The minimum atomic E-state index is -1.83. The number of methoxy groups -OCH3 is 1. The van der Waals surface area contributed by atoms with Crippen molar-refractivity contribution in [3.05, 3.63) is 40.4 Å². The molecule has 1 saturated heterocycles. The third kappa shape index (κ3) is 21.8. The summed E-state index contributed by atoms with van der Waals surface area (Å²) in [4.78, 5) is 151. The number of nitrogens with zero attached hydrogens (tertiary/aromatic N) is 1. The van der Waals surface area contributed by atoms with Crippen molar-refractivity contribution in [3.8, 4) is 5.75 Å². The monoisotopic (exact) mass is 1130 g/mol. The van der Waals surface area contributed by atoms with Crippen LogP contribution in [0.5, 0.6) is 5.75 Å². The number of rotatable bonds is 24. The van der Waals surface area contributed by atoms with Crippen LogP contribution < -0.4 is 58.7 Å². The smallest absolute Gasteiger partial charge is 0.329 e. The van der Waals surface area contributed by atoms with Crippen LogP contribution in [0.2, 0.25) is 0 Å². The molecule has 0 aliphatic carbocycles. The number of esters is 1. The van der Waals surface area contributed by atoms with Gasteiger partial charge in [0.2, 0.25) is 53.2 Å². The van der Waals surface area contributed by atoms with Gasteiger partial charge in [-0.05, 0) is 97.3 Å². The number of allylic oxidation sites excluding steroid dienone is 2. The van der Waals surface area contributed by atoms with E-state index in [1.807, 2.05) is 0 Å². The topological polar surface area (TPSA) is 358 Å².